The topological polar surface area (TPSA) is 46.5 Å². The lowest BCUT2D eigenvalue weighted by Gasteiger charge is -2.17. The lowest BCUT2D eigenvalue weighted by molar-refractivity contribution is 0.0734. The van der Waals surface area contributed by atoms with Gasteiger partial charge in [-0.05, 0) is 48.7 Å². The normalized spacial score (nSPS) is 11.2. The molecule has 3 rings (SSSR count). The van der Waals surface area contributed by atoms with Gasteiger partial charge in [-0.2, -0.15) is 0 Å². The molecule has 3 aromatic carbocycles. The number of aliphatic hydroxyl groups is 1. The second-order valence-corrected chi connectivity index (χ2v) is 6.38. The number of carbonyl (C=O) groups excluding carboxylic acids is 1. The van der Waals surface area contributed by atoms with Crippen LogP contribution in [0.5, 0.6) is 5.75 Å². The number of ether oxygens (including phenoxy) is 1. The molecule has 0 aliphatic heterocycles. The van der Waals surface area contributed by atoms with Crippen molar-refractivity contribution in [1.29, 1.82) is 0 Å². The molecule has 0 unspecified atom stereocenters. The molecule has 126 valence electrons. The van der Waals surface area contributed by atoms with Crippen LogP contribution >= 0.6 is 0 Å². The summed E-state index contributed by atoms with van der Waals surface area (Å²) in [6.45, 7) is 3.42. The fourth-order valence-corrected chi connectivity index (χ4v) is 2.62. The van der Waals surface area contributed by atoms with Gasteiger partial charge < -0.3 is 9.84 Å². The lowest BCUT2D eigenvalue weighted by Crippen LogP contribution is -2.15. The van der Waals surface area contributed by atoms with Crippen molar-refractivity contribution in [3.8, 4) is 16.9 Å². The molecule has 3 aromatic rings. The maximum atomic E-state index is 12.6. The Kier molecular flexibility index (Phi) is 4.68. The minimum Gasteiger partial charge on any atom is -0.423 e. The standard InChI is InChI=1S/C22H20O3/c1-22(2,24)17-12-14-18(15-13-17)25-21(23)20-11-7-6-10-19(20)16-8-4-3-5-9-16/h3-15,24H,1-2H3. The third-order valence-electron chi connectivity index (χ3n) is 4.00. The molecule has 0 saturated heterocycles. The third kappa shape index (κ3) is 3.95. The highest BCUT2D eigenvalue weighted by Crippen LogP contribution is 2.26. The van der Waals surface area contributed by atoms with Crippen LogP contribution in [0.1, 0.15) is 29.8 Å². The Morgan fingerprint density at radius 1 is 0.840 bits per heavy atom. The Labute approximate surface area is 147 Å². The van der Waals surface area contributed by atoms with E-state index in [0.717, 1.165) is 16.7 Å². The molecule has 0 aliphatic rings. The van der Waals surface area contributed by atoms with Gasteiger partial charge in [0.1, 0.15) is 5.75 Å². The lowest BCUT2D eigenvalue weighted by atomic mass is 9.98. The van der Waals surface area contributed by atoms with E-state index in [4.69, 9.17) is 4.74 Å². The number of benzene rings is 3. The van der Waals surface area contributed by atoms with Gasteiger partial charge in [0, 0.05) is 0 Å². The molecule has 0 atom stereocenters. The molecule has 0 aromatic heterocycles. The van der Waals surface area contributed by atoms with Gasteiger partial charge >= 0.3 is 5.97 Å². The Morgan fingerprint density at radius 2 is 1.44 bits per heavy atom. The van der Waals surface area contributed by atoms with Crippen LogP contribution in [-0.4, -0.2) is 11.1 Å². The van der Waals surface area contributed by atoms with E-state index in [1.807, 2.05) is 48.5 Å². The van der Waals surface area contributed by atoms with E-state index in [2.05, 4.69) is 0 Å². The first-order chi connectivity index (χ1) is 11.9. The molecule has 0 amide bonds. The first kappa shape index (κ1) is 16.9. The second kappa shape index (κ2) is 6.91. The molecule has 3 heteroatoms. The van der Waals surface area contributed by atoms with Crippen molar-refractivity contribution in [3.05, 3.63) is 90.0 Å². The summed E-state index contributed by atoms with van der Waals surface area (Å²) < 4.78 is 5.51. The SMILES string of the molecule is CC(C)(O)c1ccc(OC(=O)c2ccccc2-c2ccccc2)cc1. The van der Waals surface area contributed by atoms with Crippen LogP contribution in [0.15, 0.2) is 78.9 Å². The second-order valence-electron chi connectivity index (χ2n) is 6.38. The Hall–Kier alpha value is -2.91. The van der Waals surface area contributed by atoms with E-state index in [9.17, 15) is 9.90 Å². The Morgan fingerprint density at radius 3 is 2.08 bits per heavy atom. The average molecular weight is 332 g/mol. The monoisotopic (exact) mass is 332 g/mol. The molecule has 0 aliphatic carbocycles. The number of hydrogen-bond acceptors (Lipinski definition) is 3. The largest absolute Gasteiger partial charge is 0.423 e. The van der Waals surface area contributed by atoms with Crippen molar-refractivity contribution >= 4 is 5.97 Å². The zero-order valence-corrected chi connectivity index (χ0v) is 14.3. The number of esters is 1. The molecule has 0 fully saturated rings. The third-order valence-corrected chi connectivity index (χ3v) is 4.00. The van der Waals surface area contributed by atoms with Gasteiger partial charge in [0.25, 0.3) is 0 Å². The van der Waals surface area contributed by atoms with Crippen molar-refractivity contribution in [2.75, 3.05) is 0 Å². The van der Waals surface area contributed by atoms with Crippen molar-refractivity contribution in [3.63, 3.8) is 0 Å². The summed E-state index contributed by atoms with van der Waals surface area (Å²) in [6, 6.07) is 24.0. The van der Waals surface area contributed by atoms with Gasteiger partial charge in [0.05, 0.1) is 11.2 Å². The molecular formula is C22H20O3. The summed E-state index contributed by atoms with van der Waals surface area (Å²) in [6.07, 6.45) is 0. The molecule has 0 saturated carbocycles. The zero-order chi connectivity index (χ0) is 17.9. The predicted octanol–water partition coefficient (Wildman–Crippen LogP) is 4.80. The highest BCUT2D eigenvalue weighted by Gasteiger charge is 2.17. The number of rotatable bonds is 4. The first-order valence-corrected chi connectivity index (χ1v) is 8.15. The van der Waals surface area contributed by atoms with Gasteiger partial charge in [0.2, 0.25) is 0 Å². The van der Waals surface area contributed by atoms with Gasteiger partial charge in [-0.3, -0.25) is 0 Å². The highest BCUT2D eigenvalue weighted by molar-refractivity contribution is 5.98. The molecule has 0 bridgehead atoms. The molecule has 0 radical (unpaired) electrons. The van der Waals surface area contributed by atoms with Crippen molar-refractivity contribution in [1.82, 2.24) is 0 Å². The van der Waals surface area contributed by atoms with E-state index >= 15 is 0 Å². The molecule has 3 nitrogen and oxygen atoms in total. The number of carbonyl (C=O) groups is 1. The van der Waals surface area contributed by atoms with Gasteiger partial charge in [-0.25, -0.2) is 4.79 Å². The molecule has 25 heavy (non-hydrogen) atoms. The van der Waals surface area contributed by atoms with Crippen LogP contribution in [0.4, 0.5) is 0 Å². The van der Waals surface area contributed by atoms with Crippen molar-refractivity contribution in [2.24, 2.45) is 0 Å². The summed E-state index contributed by atoms with van der Waals surface area (Å²) in [4.78, 5) is 12.6. The van der Waals surface area contributed by atoms with Crippen LogP contribution < -0.4 is 4.74 Å². The van der Waals surface area contributed by atoms with E-state index in [1.165, 1.54) is 0 Å². The van der Waals surface area contributed by atoms with Crippen molar-refractivity contribution in [2.45, 2.75) is 19.4 Å². The van der Waals surface area contributed by atoms with E-state index in [0.29, 0.717) is 11.3 Å². The predicted molar refractivity (Wildman–Crippen MR) is 98.5 cm³/mol. The van der Waals surface area contributed by atoms with Crippen LogP contribution in [0.3, 0.4) is 0 Å². The smallest absolute Gasteiger partial charge is 0.344 e. The number of hydrogen-bond donors (Lipinski definition) is 1. The van der Waals surface area contributed by atoms with E-state index in [1.54, 1.807) is 44.2 Å². The van der Waals surface area contributed by atoms with Crippen LogP contribution in [0, 0.1) is 0 Å². The fourth-order valence-electron chi connectivity index (χ4n) is 2.62. The van der Waals surface area contributed by atoms with E-state index < -0.39 is 11.6 Å². The van der Waals surface area contributed by atoms with Crippen molar-refractivity contribution < 1.29 is 14.6 Å². The molecular weight excluding hydrogens is 312 g/mol. The van der Waals surface area contributed by atoms with Crippen LogP contribution in [0.25, 0.3) is 11.1 Å². The first-order valence-electron chi connectivity index (χ1n) is 8.15. The summed E-state index contributed by atoms with van der Waals surface area (Å²) in [7, 11) is 0. The van der Waals surface area contributed by atoms with Gasteiger partial charge in [-0.15, -0.1) is 0 Å². The highest BCUT2D eigenvalue weighted by atomic mass is 16.5. The fraction of sp³-hybridized carbons (Fsp3) is 0.136. The summed E-state index contributed by atoms with van der Waals surface area (Å²) in [5.74, 6) is 0.0383. The van der Waals surface area contributed by atoms with E-state index in [-0.39, 0.29) is 0 Å². The van der Waals surface area contributed by atoms with Crippen LogP contribution in [-0.2, 0) is 5.60 Å². The zero-order valence-electron chi connectivity index (χ0n) is 14.3. The van der Waals surface area contributed by atoms with Crippen LogP contribution in [0.2, 0.25) is 0 Å². The maximum Gasteiger partial charge on any atom is 0.344 e. The van der Waals surface area contributed by atoms with Gasteiger partial charge in [-0.1, -0.05) is 60.7 Å². The molecule has 1 N–H and O–H groups in total. The van der Waals surface area contributed by atoms with Gasteiger partial charge in [0.15, 0.2) is 0 Å². The summed E-state index contributed by atoms with van der Waals surface area (Å²) >= 11 is 0. The Bertz CT molecular complexity index is 860. The quantitative estimate of drug-likeness (QED) is 0.551. The maximum absolute atomic E-state index is 12.6. The summed E-state index contributed by atoms with van der Waals surface area (Å²) in [5.41, 5.74) is 2.15. The molecule has 0 heterocycles. The minimum absolute atomic E-state index is 0.407. The Balaban J connectivity index is 1.85. The summed E-state index contributed by atoms with van der Waals surface area (Å²) in [5, 5.41) is 9.99. The molecule has 0 spiro atoms. The average Bonchev–Trinajstić information content (AvgIpc) is 2.62. The minimum atomic E-state index is -0.928.